The van der Waals surface area contributed by atoms with Gasteiger partial charge in [0.15, 0.2) is 0 Å². The molecule has 1 aliphatic heterocycles. The second-order valence-corrected chi connectivity index (χ2v) is 4.64. The Hall–Kier alpha value is -0.120. The molecule has 0 aromatic carbocycles. The number of methoxy groups -OCH3 is 1. The highest BCUT2D eigenvalue weighted by Crippen LogP contribution is 2.21. The quantitative estimate of drug-likeness (QED) is 0.729. The fourth-order valence-corrected chi connectivity index (χ4v) is 2.41. The number of hydrogen-bond donors (Lipinski definition) is 1. The molecule has 3 heteroatoms. The number of ether oxygens (including phenoxy) is 1. The molecule has 1 rings (SSSR count). The van der Waals surface area contributed by atoms with Crippen molar-refractivity contribution in [2.75, 3.05) is 33.4 Å². The number of nitrogens with zero attached hydrogens (tertiary/aromatic N) is 1. The molecule has 1 heterocycles. The molecule has 1 atom stereocenters. The molecule has 0 spiro atoms. The van der Waals surface area contributed by atoms with E-state index in [-0.39, 0.29) is 6.10 Å². The van der Waals surface area contributed by atoms with Gasteiger partial charge >= 0.3 is 0 Å². The first kappa shape index (κ1) is 12.9. The molecule has 90 valence electrons. The number of aliphatic hydroxyl groups excluding tert-OH is 1. The standard InChI is InChI=1S/C12H25NO2/c1-3-4-11-5-7-13(8-6-11)9-12(14)10-15-2/h11-12,14H,3-10H2,1-2H3. The largest absolute Gasteiger partial charge is 0.389 e. The monoisotopic (exact) mass is 215 g/mol. The highest BCUT2D eigenvalue weighted by Gasteiger charge is 2.20. The van der Waals surface area contributed by atoms with Gasteiger partial charge in [-0.3, -0.25) is 0 Å². The van der Waals surface area contributed by atoms with Gasteiger partial charge in [-0.15, -0.1) is 0 Å². The summed E-state index contributed by atoms with van der Waals surface area (Å²) in [4.78, 5) is 2.36. The van der Waals surface area contributed by atoms with E-state index in [1.807, 2.05) is 0 Å². The summed E-state index contributed by atoms with van der Waals surface area (Å²) in [5, 5.41) is 9.60. The zero-order valence-corrected chi connectivity index (χ0v) is 10.1. The minimum atomic E-state index is -0.322. The van der Waals surface area contributed by atoms with Crippen LogP contribution in [-0.4, -0.2) is 49.5 Å². The smallest absolute Gasteiger partial charge is 0.0900 e. The van der Waals surface area contributed by atoms with E-state index in [9.17, 15) is 5.11 Å². The number of rotatable bonds is 6. The summed E-state index contributed by atoms with van der Waals surface area (Å²) in [6.45, 7) is 5.77. The molecule has 1 unspecified atom stereocenters. The van der Waals surface area contributed by atoms with Crippen LogP contribution in [0.15, 0.2) is 0 Å². The first-order valence-corrected chi connectivity index (χ1v) is 6.15. The molecule has 0 aromatic rings. The van der Waals surface area contributed by atoms with Gasteiger partial charge in [0.1, 0.15) is 0 Å². The molecular weight excluding hydrogens is 190 g/mol. The van der Waals surface area contributed by atoms with Crippen molar-refractivity contribution in [3.8, 4) is 0 Å². The zero-order valence-electron chi connectivity index (χ0n) is 10.1. The normalized spacial score (nSPS) is 21.8. The van der Waals surface area contributed by atoms with Crippen molar-refractivity contribution in [3.05, 3.63) is 0 Å². The average Bonchev–Trinajstić information content (AvgIpc) is 2.22. The summed E-state index contributed by atoms with van der Waals surface area (Å²) in [7, 11) is 1.64. The van der Waals surface area contributed by atoms with Crippen molar-refractivity contribution in [2.45, 2.75) is 38.7 Å². The van der Waals surface area contributed by atoms with Crippen LogP contribution in [0.2, 0.25) is 0 Å². The highest BCUT2D eigenvalue weighted by atomic mass is 16.5. The van der Waals surface area contributed by atoms with Gasteiger partial charge in [0.2, 0.25) is 0 Å². The third-order valence-electron chi connectivity index (χ3n) is 3.23. The number of likely N-dealkylation sites (tertiary alicyclic amines) is 1. The first-order valence-electron chi connectivity index (χ1n) is 6.15. The number of β-amino-alcohol motifs (C(OH)–C–C–N with tert-alkyl or cyclic N) is 1. The van der Waals surface area contributed by atoms with E-state index in [0.29, 0.717) is 6.61 Å². The predicted molar refractivity (Wildman–Crippen MR) is 62.0 cm³/mol. The van der Waals surface area contributed by atoms with Gasteiger partial charge in [0, 0.05) is 13.7 Å². The van der Waals surface area contributed by atoms with E-state index in [2.05, 4.69) is 11.8 Å². The van der Waals surface area contributed by atoms with E-state index in [1.54, 1.807) is 7.11 Å². The van der Waals surface area contributed by atoms with Crippen molar-refractivity contribution in [3.63, 3.8) is 0 Å². The number of piperidine rings is 1. The molecular formula is C12H25NO2. The predicted octanol–water partition coefficient (Wildman–Crippen LogP) is 1.51. The van der Waals surface area contributed by atoms with Crippen LogP contribution in [0, 0.1) is 5.92 Å². The second kappa shape index (κ2) is 7.20. The maximum atomic E-state index is 9.60. The van der Waals surface area contributed by atoms with Gasteiger partial charge < -0.3 is 14.7 Å². The molecule has 0 aliphatic carbocycles. The molecule has 1 fully saturated rings. The fraction of sp³-hybridized carbons (Fsp3) is 1.00. The van der Waals surface area contributed by atoms with Gasteiger partial charge in [-0.05, 0) is 31.8 Å². The molecule has 0 aromatic heterocycles. The molecule has 1 aliphatic rings. The van der Waals surface area contributed by atoms with E-state index >= 15 is 0 Å². The van der Waals surface area contributed by atoms with Gasteiger partial charge in [-0.25, -0.2) is 0 Å². The van der Waals surface area contributed by atoms with Crippen LogP contribution in [0.3, 0.4) is 0 Å². The van der Waals surface area contributed by atoms with Crippen molar-refractivity contribution < 1.29 is 9.84 Å². The Labute approximate surface area is 93.4 Å². The Morgan fingerprint density at radius 2 is 2.07 bits per heavy atom. The summed E-state index contributed by atoms with van der Waals surface area (Å²) < 4.78 is 4.93. The van der Waals surface area contributed by atoms with E-state index < -0.39 is 0 Å². The number of hydrogen-bond acceptors (Lipinski definition) is 3. The van der Waals surface area contributed by atoms with Crippen LogP contribution in [0.4, 0.5) is 0 Å². The van der Waals surface area contributed by atoms with Crippen LogP contribution in [0.5, 0.6) is 0 Å². The Morgan fingerprint density at radius 1 is 1.40 bits per heavy atom. The van der Waals surface area contributed by atoms with Crippen molar-refractivity contribution in [1.29, 1.82) is 0 Å². The van der Waals surface area contributed by atoms with E-state index in [4.69, 9.17) is 4.74 Å². The van der Waals surface area contributed by atoms with Crippen molar-refractivity contribution in [1.82, 2.24) is 4.90 Å². The molecule has 0 bridgehead atoms. The maximum Gasteiger partial charge on any atom is 0.0900 e. The van der Waals surface area contributed by atoms with Crippen LogP contribution in [-0.2, 0) is 4.74 Å². The third kappa shape index (κ3) is 4.96. The highest BCUT2D eigenvalue weighted by molar-refractivity contribution is 4.74. The van der Waals surface area contributed by atoms with Crippen LogP contribution in [0.25, 0.3) is 0 Å². The van der Waals surface area contributed by atoms with E-state index in [0.717, 1.165) is 25.6 Å². The minimum Gasteiger partial charge on any atom is -0.389 e. The van der Waals surface area contributed by atoms with Gasteiger partial charge in [0.05, 0.1) is 12.7 Å². The van der Waals surface area contributed by atoms with Gasteiger partial charge in [-0.2, -0.15) is 0 Å². The van der Waals surface area contributed by atoms with Gasteiger partial charge in [0.25, 0.3) is 0 Å². The zero-order chi connectivity index (χ0) is 11.1. The molecule has 1 N–H and O–H groups in total. The van der Waals surface area contributed by atoms with Crippen molar-refractivity contribution in [2.24, 2.45) is 5.92 Å². The van der Waals surface area contributed by atoms with Crippen molar-refractivity contribution >= 4 is 0 Å². The Bertz CT molecular complexity index is 156. The lowest BCUT2D eigenvalue weighted by molar-refractivity contribution is 0.0288. The lowest BCUT2D eigenvalue weighted by Gasteiger charge is -2.32. The Morgan fingerprint density at radius 3 is 2.60 bits per heavy atom. The molecule has 0 saturated carbocycles. The molecule has 3 nitrogen and oxygen atoms in total. The van der Waals surface area contributed by atoms with Gasteiger partial charge in [-0.1, -0.05) is 19.8 Å². The first-order chi connectivity index (χ1) is 7.26. The summed E-state index contributed by atoms with van der Waals surface area (Å²) in [6.07, 6.45) is 4.95. The summed E-state index contributed by atoms with van der Waals surface area (Å²) >= 11 is 0. The van der Waals surface area contributed by atoms with E-state index in [1.165, 1.54) is 25.7 Å². The molecule has 15 heavy (non-hydrogen) atoms. The fourth-order valence-electron chi connectivity index (χ4n) is 2.41. The second-order valence-electron chi connectivity index (χ2n) is 4.64. The summed E-state index contributed by atoms with van der Waals surface area (Å²) in [5.74, 6) is 0.922. The maximum absolute atomic E-state index is 9.60. The van der Waals surface area contributed by atoms with Crippen LogP contribution in [0.1, 0.15) is 32.6 Å². The lowest BCUT2D eigenvalue weighted by atomic mass is 9.92. The topological polar surface area (TPSA) is 32.7 Å². The average molecular weight is 215 g/mol. The lowest BCUT2D eigenvalue weighted by Crippen LogP contribution is -2.40. The van der Waals surface area contributed by atoms with Crippen LogP contribution < -0.4 is 0 Å². The molecule has 0 radical (unpaired) electrons. The molecule has 1 saturated heterocycles. The Kier molecular flexibility index (Phi) is 6.22. The minimum absolute atomic E-state index is 0.322. The SMILES string of the molecule is CCCC1CCN(CC(O)COC)CC1. The summed E-state index contributed by atoms with van der Waals surface area (Å²) in [5.41, 5.74) is 0. The Balaban J connectivity index is 2.14. The number of aliphatic hydroxyl groups is 1. The third-order valence-corrected chi connectivity index (χ3v) is 3.23. The van der Waals surface area contributed by atoms with Crippen LogP contribution >= 0.6 is 0 Å². The molecule has 0 amide bonds. The summed E-state index contributed by atoms with van der Waals surface area (Å²) in [6, 6.07) is 0.